The van der Waals surface area contributed by atoms with Crippen molar-refractivity contribution in [2.75, 3.05) is 17.6 Å². The second kappa shape index (κ2) is 5.98. The molecular weight excluding hydrogens is 336 g/mol. The molecule has 0 saturated heterocycles. The molecule has 0 radical (unpaired) electrons. The van der Waals surface area contributed by atoms with E-state index in [2.05, 4.69) is 5.32 Å². The van der Waals surface area contributed by atoms with Crippen LogP contribution >= 0.6 is 11.6 Å². The van der Waals surface area contributed by atoms with Crippen LogP contribution in [0.3, 0.4) is 0 Å². The maximum atomic E-state index is 12.6. The predicted octanol–water partition coefficient (Wildman–Crippen LogP) is 2.65. The predicted molar refractivity (Wildman–Crippen MR) is 91.4 cm³/mol. The quantitative estimate of drug-likeness (QED) is 0.901. The lowest BCUT2D eigenvalue weighted by atomic mass is 9.95. The summed E-state index contributed by atoms with van der Waals surface area (Å²) in [6.07, 6.45) is 5.82. The average molecular weight is 357 g/mol. The van der Waals surface area contributed by atoms with Gasteiger partial charge in [-0.1, -0.05) is 18.0 Å². The van der Waals surface area contributed by atoms with Gasteiger partial charge in [-0.2, -0.15) is 0 Å². The van der Waals surface area contributed by atoms with Crippen LogP contribution in [0.5, 0.6) is 0 Å². The maximum Gasteiger partial charge on any atom is 0.253 e. The first-order chi connectivity index (χ1) is 10.8. The summed E-state index contributed by atoms with van der Waals surface area (Å²) >= 11 is 6.15. The van der Waals surface area contributed by atoms with Crippen molar-refractivity contribution in [1.29, 1.82) is 0 Å². The summed E-state index contributed by atoms with van der Waals surface area (Å²) < 4.78 is 24.4. The molecule has 5 nitrogen and oxygen atoms in total. The molecule has 126 valence electrons. The van der Waals surface area contributed by atoms with Gasteiger partial charge in [0.15, 0.2) is 0 Å². The van der Waals surface area contributed by atoms with E-state index in [9.17, 15) is 13.2 Å². The number of benzene rings is 1. The zero-order valence-electron chi connectivity index (χ0n) is 13.3. The number of anilines is 1. The standard InChI is InChI=1S/C16H21ClN2O3S/c1-19(23(2,21)22)12-5-6-14(17)13(9-12)16(20)18-15-8-10-3-4-11(15)7-10/h5-6,9-11,15H,3-4,7-8H2,1-2H3,(H,18,20). The molecule has 3 unspecified atom stereocenters. The number of sulfonamides is 1. The van der Waals surface area contributed by atoms with Gasteiger partial charge in [-0.15, -0.1) is 0 Å². The highest BCUT2D eigenvalue weighted by Gasteiger charge is 2.40. The molecule has 0 aliphatic heterocycles. The second-order valence-corrected chi connectivity index (χ2v) is 9.07. The Balaban J connectivity index is 1.80. The minimum atomic E-state index is -3.38. The van der Waals surface area contributed by atoms with Gasteiger partial charge in [-0.05, 0) is 49.3 Å². The van der Waals surface area contributed by atoms with E-state index in [4.69, 9.17) is 11.6 Å². The van der Waals surface area contributed by atoms with Gasteiger partial charge in [0.05, 0.1) is 22.5 Å². The van der Waals surface area contributed by atoms with E-state index >= 15 is 0 Å². The first-order valence-corrected chi connectivity index (χ1v) is 10.0. The van der Waals surface area contributed by atoms with E-state index in [1.165, 1.54) is 32.4 Å². The third kappa shape index (κ3) is 3.33. The summed E-state index contributed by atoms with van der Waals surface area (Å²) in [7, 11) is -1.93. The van der Waals surface area contributed by atoms with Crippen LogP contribution in [0, 0.1) is 11.8 Å². The lowest BCUT2D eigenvalue weighted by Crippen LogP contribution is -2.38. The van der Waals surface area contributed by atoms with Crippen molar-refractivity contribution in [3.8, 4) is 0 Å². The van der Waals surface area contributed by atoms with Crippen LogP contribution in [0.25, 0.3) is 0 Å². The summed E-state index contributed by atoms with van der Waals surface area (Å²) in [6.45, 7) is 0. The Bertz CT molecular complexity index is 735. The maximum absolute atomic E-state index is 12.6. The Morgan fingerprint density at radius 1 is 1.30 bits per heavy atom. The largest absolute Gasteiger partial charge is 0.349 e. The number of halogens is 1. The lowest BCUT2D eigenvalue weighted by Gasteiger charge is -2.23. The minimum Gasteiger partial charge on any atom is -0.349 e. The van der Waals surface area contributed by atoms with Crippen molar-refractivity contribution in [3.05, 3.63) is 28.8 Å². The third-order valence-corrected chi connectivity index (χ3v) is 6.65. The number of hydrogen-bond donors (Lipinski definition) is 1. The number of nitrogens with zero attached hydrogens (tertiary/aromatic N) is 1. The Kier molecular flexibility index (Phi) is 4.31. The van der Waals surface area contributed by atoms with E-state index < -0.39 is 10.0 Å². The van der Waals surface area contributed by atoms with Crippen LogP contribution in [0.1, 0.15) is 36.0 Å². The Labute approximate surface area is 142 Å². The van der Waals surface area contributed by atoms with Crippen molar-refractivity contribution in [3.63, 3.8) is 0 Å². The monoisotopic (exact) mass is 356 g/mol. The summed E-state index contributed by atoms with van der Waals surface area (Å²) in [6, 6.07) is 4.91. The smallest absolute Gasteiger partial charge is 0.253 e. The summed E-state index contributed by atoms with van der Waals surface area (Å²) in [5.74, 6) is 1.09. The van der Waals surface area contributed by atoms with E-state index in [-0.39, 0.29) is 11.9 Å². The van der Waals surface area contributed by atoms with Crippen LogP contribution in [0.15, 0.2) is 18.2 Å². The van der Waals surface area contributed by atoms with E-state index in [0.29, 0.717) is 22.2 Å². The van der Waals surface area contributed by atoms with Gasteiger partial charge in [0, 0.05) is 13.1 Å². The molecule has 2 aliphatic rings. The van der Waals surface area contributed by atoms with Gasteiger partial charge in [0.2, 0.25) is 10.0 Å². The highest BCUT2D eigenvalue weighted by molar-refractivity contribution is 7.92. The van der Waals surface area contributed by atoms with Crippen molar-refractivity contribution < 1.29 is 13.2 Å². The zero-order chi connectivity index (χ0) is 16.8. The Morgan fingerprint density at radius 2 is 2.04 bits per heavy atom. The fraction of sp³-hybridized carbons (Fsp3) is 0.562. The van der Waals surface area contributed by atoms with E-state index in [0.717, 1.165) is 22.9 Å². The molecule has 23 heavy (non-hydrogen) atoms. The van der Waals surface area contributed by atoms with Gasteiger partial charge < -0.3 is 5.32 Å². The molecule has 7 heteroatoms. The van der Waals surface area contributed by atoms with Crippen LogP contribution in [-0.4, -0.2) is 33.7 Å². The van der Waals surface area contributed by atoms with Crippen molar-refractivity contribution in [1.82, 2.24) is 5.32 Å². The third-order valence-electron chi connectivity index (χ3n) is 5.11. The number of rotatable bonds is 4. The van der Waals surface area contributed by atoms with Gasteiger partial charge >= 0.3 is 0 Å². The molecule has 0 spiro atoms. The molecule has 1 N–H and O–H groups in total. The molecule has 1 aromatic rings. The Morgan fingerprint density at radius 3 is 2.61 bits per heavy atom. The molecule has 3 atom stereocenters. The molecule has 2 fully saturated rings. The van der Waals surface area contributed by atoms with Crippen LogP contribution in [-0.2, 0) is 10.0 Å². The zero-order valence-corrected chi connectivity index (χ0v) is 14.8. The van der Waals surface area contributed by atoms with Gasteiger partial charge in [-0.3, -0.25) is 9.10 Å². The summed E-state index contributed by atoms with van der Waals surface area (Å²) in [4.78, 5) is 12.6. The Hall–Kier alpha value is -1.27. The normalized spacial score (nSPS) is 26.3. The van der Waals surface area contributed by atoms with E-state index in [1.54, 1.807) is 12.1 Å². The number of carbonyl (C=O) groups is 1. The molecule has 2 bridgehead atoms. The molecule has 0 heterocycles. The molecule has 2 saturated carbocycles. The van der Waals surface area contributed by atoms with Gasteiger partial charge in [0.1, 0.15) is 0 Å². The number of nitrogens with one attached hydrogen (secondary N) is 1. The molecule has 1 amide bonds. The van der Waals surface area contributed by atoms with Crippen molar-refractivity contribution >= 4 is 33.2 Å². The lowest BCUT2D eigenvalue weighted by molar-refractivity contribution is 0.0923. The highest BCUT2D eigenvalue weighted by atomic mass is 35.5. The number of carbonyl (C=O) groups excluding carboxylic acids is 1. The molecule has 0 aromatic heterocycles. The van der Waals surface area contributed by atoms with Crippen molar-refractivity contribution in [2.24, 2.45) is 11.8 Å². The average Bonchev–Trinajstić information content (AvgIpc) is 3.08. The fourth-order valence-electron chi connectivity index (χ4n) is 3.74. The number of amides is 1. The first-order valence-electron chi connectivity index (χ1n) is 7.80. The van der Waals surface area contributed by atoms with E-state index in [1.807, 2.05) is 0 Å². The highest BCUT2D eigenvalue weighted by Crippen LogP contribution is 2.44. The van der Waals surface area contributed by atoms with Crippen molar-refractivity contribution in [2.45, 2.75) is 31.7 Å². The molecular formula is C16H21ClN2O3S. The summed E-state index contributed by atoms with van der Waals surface area (Å²) in [5, 5.41) is 3.41. The van der Waals surface area contributed by atoms with Crippen LogP contribution < -0.4 is 9.62 Å². The number of fused-ring (bicyclic) bond motifs is 2. The SMILES string of the molecule is CN(c1ccc(Cl)c(C(=O)NC2CC3CCC2C3)c1)S(C)(=O)=O. The molecule has 2 aliphatic carbocycles. The van der Waals surface area contributed by atoms with Gasteiger partial charge in [-0.25, -0.2) is 8.42 Å². The molecule has 1 aromatic carbocycles. The molecule has 3 rings (SSSR count). The number of hydrogen-bond acceptors (Lipinski definition) is 3. The fourth-order valence-corrected chi connectivity index (χ4v) is 4.44. The van der Waals surface area contributed by atoms with Gasteiger partial charge in [0.25, 0.3) is 5.91 Å². The van der Waals surface area contributed by atoms with Crippen LogP contribution in [0.2, 0.25) is 5.02 Å². The summed E-state index contributed by atoms with van der Waals surface area (Å²) in [5.41, 5.74) is 0.748. The minimum absolute atomic E-state index is 0.216. The van der Waals surface area contributed by atoms with Crippen LogP contribution in [0.4, 0.5) is 5.69 Å². The second-order valence-electron chi connectivity index (χ2n) is 6.65. The first kappa shape index (κ1) is 16.6. The topological polar surface area (TPSA) is 66.5 Å².